The van der Waals surface area contributed by atoms with E-state index in [2.05, 4.69) is 32.6 Å². The minimum absolute atomic E-state index is 0.0495. The van der Waals surface area contributed by atoms with E-state index >= 15 is 0 Å². The number of aromatic nitrogens is 2. The molecule has 1 unspecified atom stereocenters. The van der Waals surface area contributed by atoms with Crippen LogP contribution in [0.3, 0.4) is 0 Å². The van der Waals surface area contributed by atoms with E-state index in [0.29, 0.717) is 61.0 Å². The lowest BCUT2D eigenvalue weighted by Crippen LogP contribution is -2.44. The highest BCUT2D eigenvalue weighted by atomic mass is 32.2. The fourth-order valence-corrected chi connectivity index (χ4v) is 5.03. The minimum atomic E-state index is -0.330. The first-order chi connectivity index (χ1) is 14.8. The maximum Gasteiger partial charge on any atom is 0.262 e. The molecule has 1 atom stereocenters. The molecule has 1 aliphatic heterocycles. The molecule has 2 heterocycles. The van der Waals surface area contributed by atoms with Crippen LogP contribution in [0.4, 0.5) is 0 Å². The fraction of sp³-hybridized carbons (Fsp3) is 0.609. The van der Waals surface area contributed by atoms with Crippen molar-refractivity contribution in [2.24, 2.45) is 0 Å². The van der Waals surface area contributed by atoms with Crippen LogP contribution in [0.1, 0.15) is 34.6 Å². The van der Waals surface area contributed by atoms with Crippen LogP contribution >= 0.6 is 11.8 Å². The predicted molar refractivity (Wildman–Crippen MR) is 126 cm³/mol. The molecule has 170 valence electrons. The minimum Gasteiger partial charge on any atom is -0.378 e. The van der Waals surface area contributed by atoms with Gasteiger partial charge in [-0.05, 0) is 46.8 Å². The largest absolute Gasteiger partial charge is 0.378 e. The lowest BCUT2D eigenvalue weighted by molar-refractivity contribution is -0.134. The number of benzene rings is 1. The van der Waals surface area contributed by atoms with E-state index in [1.807, 2.05) is 36.1 Å². The normalized spacial score (nSPS) is 15.9. The van der Waals surface area contributed by atoms with E-state index in [1.165, 1.54) is 11.8 Å². The quantitative estimate of drug-likeness (QED) is 0.459. The van der Waals surface area contributed by atoms with E-state index in [4.69, 9.17) is 9.72 Å². The van der Waals surface area contributed by atoms with Crippen molar-refractivity contribution in [3.05, 3.63) is 34.6 Å². The summed E-state index contributed by atoms with van der Waals surface area (Å²) in [5.74, 6) is 0.0632. The van der Waals surface area contributed by atoms with Gasteiger partial charge in [0.15, 0.2) is 5.16 Å². The molecule has 0 N–H and O–H groups in total. The summed E-state index contributed by atoms with van der Waals surface area (Å²) in [6, 6.07) is 8.18. The first kappa shape index (κ1) is 23.8. The summed E-state index contributed by atoms with van der Waals surface area (Å²) in [7, 11) is 0. The molecule has 2 aromatic rings. The average Bonchev–Trinajstić information content (AvgIpc) is 2.75. The molecule has 7 nitrogen and oxygen atoms in total. The Morgan fingerprint density at radius 2 is 1.77 bits per heavy atom. The highest BCUT2D eigenvalue weighted by Gasteiger charge is 2.25. The van der Waals surface area contributed by atoms with Crippen LogP contribution in [0.15, 0.2) is 34.2 Å². The van der Waals surface area contributed by atoms with Gasteiger partial charge in [-0.2, -0.15) is 0 Å². The molecule has 3 rings (SSSR count). The molecular weight excluding hydrogens is 412 g/mol. The van der Waals surface area contributed by atoms with Crippen LogP contribution < -0.4 is 5.56 Å². The van der Waals surface area contributed by atoms with E-state index in [0.717, 1.165) is 6.54 Å². The first-order valence-electron chi connectivity index (χ1n) is 11.1. The number of carbonyl (C=O) groups excluding carboxylic acids is 1. The van der Waals surface area contributed by atoms with Crippen LogP contribution in [0.2, 0.25) is 0 Å². The van der Waals surface area contributed by atoms with Crippen LogP contribution in [-0.2, 0) is 16.1 Å². The van der Waals surface area contributed by atoms with Gasteiger partial charge in [0.1, 0.15) is 0 Å². The second-order valence-corrected chi connectivity index (χ2v) is 9.80. The number of nitrogens with zero attached hydrogens (tertiary/aromatic N) is 4. The zero-order valence-electron chi connectivity index (χ0n) is 19.2. The second kappa shape index (κ2) is 10.6. The van der Waals surface area contributed by atoms with Gasteiger partial charge in [-0.3, -0.25) is 19.1 Å². The van der Waals surface area contributed by atoms with Gasteiger partial charge in [-0.25, -0.2) is 4.98 Å². The molecule has 0 aliphatic carbocycles. The molecule has 1 amide bonds. The van der Waals surface area contributed by atoms with E-state index in [1.54, 1.807) is 4.57 Å². The molecule has 0 saturated carbocycles. The van der Waals surface area contributed by atoms with Crippen molar-refractivity contribution < 1.29 is 9.53 Å². The van der Waals surface area contributed by atoms with Crippen molar-refractivity contribution in [1.29, 1.82) is 0 Å². The summed E-state index contributed by atoms with van der Waals surface area (Å²) in [5, 5.41) is 0.883. The summed E-state index contributed by atoms with van der Waals surface area (Å²) >= 11 is 1.37. The molecule has 0 radical (unpaired) electrons. The van der Waals surface area contributed by atoms with Crippen LogP contribution in [0, 0.1) is 0 Å². The summed E-state index contributed by atoms with van der Waals surface area (Å²) < 4.78 is 7.10. The van der Waals surface area contributed by atoms with E-state index in [-0.39, 0.29) is 16.7 Å². The molecule has 1 saturated heterocycles. The van der Waals surface area contributed by atoms with Crippen molar-refractivity contribution in [1.82, 2.24) is 19.4 Å². The van der Waals surface area contributed by atoms with Crippen molar-refractivity contribution >= 4 is 28.6 Å². The Kier molecular flexibility index (Phi) is 8.13. The molecule has 8 heteroatoms. The Bertz CT molecular complexity index is 945. The van der Waals surface area contributed by atoms with Gasteiger partial charge in [0.05, 0.1) is 29.4 Å². The molecule has 1 aromatic heterocycles. The third kappa shape index (κ3) is 5.67. The fourth-order valence-electron chi connectivity index (χ4n) is 4.01. The number of amides is 1. The Morgan fingerprint density at radius 1 is 1.13 bits per heavy atom. The number of hydrogen-bond donors (Lipinski definition) is 0. The van der Waals surface area contributed by atoms with Crippen LogP contribution in [0.25, 0.3) is 10.9 Å². The monoisotopic (exact) mass is 446 g/mol. The maximum atomic E-state index is 13.3. The highest BCUT2D eigenvalue weighted by Crippen LogP contribution is 2.24. The highest BCUT2D eigenvalue weighted by molar-refractivity contribution is 8.00. The van der Waals surface area contributed by atoms with Crippen molar-refractivity contribution in [2.45, 2.75) is 63.7 Å². The van der Waals surface area contributed by atoms with Crippen molar-refractivity contribution in [2.75, 3.05) is 32.8 Å². The smallest absolute Gasteiger partial charge is 0.262 e. The summed E-state index contributed by atoms with van der Waals surface area (Å²) in [4.78, 5) is 35.2. The number of rotatable bonds is 8. The van der Waals surface area contributed by atoms with E-state index in [9.17, 15) is 9.59 Å². The number of fused-ring (bicyclic) bond motifs is 1. The molecule has 31 heavy (non-hydrogen) atoms. The zero-order valence-corrected chi connectivity index (χ0v) is 20.0. The molecule has 0 spiro atoms. The van der Waals surface area contributed by atoms with Gasteiger partial charge < -0.3 is 9.64 Å². The van der Waals surface area contributed by atoms with Gasteiger partial charge in [-0.15, -0.1) is 0 Å². The lowest BCUT2D eigenvalue weighted by atomic mass is 10.2. The van der Waals surface area contributed by atoms with Crippen LogP contribution in [-0.4, -0.2) is 75.4 Å². The molecular formula is C23H34N4O3S. The molecule has 1 aromatic carbocycles. The Balaban J connectivity index is 1.90. The zero-order chi connectivity index (χ0) is 22.5. The van der Waals surface area contributed by atoms with Crippen molar-refractivity contribution in [3.8, 4) is 0 Å². The van der Waals surface area contributed by atoms with Crippen molar-refractivity contribution in [3.63, 3.8) is 0 Å². The average molecular weight is 447 g/mol. The van der Waals surface area contributed by atoms with Gasteiger partial charge in [0.25, 0.3) is 5.56 Å². The number of morpholine rings is 1. The standard InChI is InChI=1S/C23H34N4O3S/c1-16(2)26(17(3)4)10-11-27-22(29)19-8-6-7-9-20(19)24-23(27)31-18(5)21(28)25-12-14-30-15-13-25/h6-9,16-18H,10-15H2,1-5H3. The van der Waals surface area contributed by atoms with Gasteiger partial charge >= 0.3 is 0 Å². The second-order valence-electron chi connectivity index (χ2n) is 8.49. The SMILES string of the molecule is CC(Sc1nc2ccccc2c(=O)n1CCN(C(C)C)C(C)C)C(=O)N1CCOCC1. The van der Waals surface area contributed by atoms with Gasteiger partial charge in [-0.1, -0.05) is 23.9 Å². The maximum absolute atomic E-state index is 13.3. The lowest BCUT2D eigenvalue weighted by Gasteiger charge is -2.31. The number of ether oxygens (including phenoxy) is 1. The Labute approximate surface area is 188 Å². The third-order valence-corrected chi connectivity index (χ3v) is 6.77. The summed E-state index contributed by atoms with van der Waals surface area (Å²) in [6.45, 7) is 14.2. The predicted octanol–water partition coefficient (Wildman–Crippen LogP) is 2.85. The third-order valence-electron chi connectivity index (χ3n) is 5.69. The van der Waals surface area contributed by atoms with Crippen LogP contribution in [0.5, 0.6) is 0 Å². The number of hydrogen-bond acceptors (Lipinski definition) is 6. The number of carbonyl (C=O) groups is 1. The van der Waals surface area contributed by atoms with Gasteiger partial charge in [0.2, 0.25) is 5.91 Å². The molecule has 1 fully saturated rings. The number of para-hydroxylation sites is 1. The summed E-state index contributed by atoms with van der Waals surface area (Å²) in [5.41, 5.74) is 0.619. The van der Waals surface area contributed by atoms with E-state index < -0.39 is 0 Å². The topological polar surface area (TPSA) is 67.7 Å². The summed E-state index contributed by atoms with van der Waals surface area (Å²) in [6.07, 6.45) is 0. The first-order valence-corrected chi connectivity index (χ1v) is 12.0. The molecule has 0 bridgehead atoms. The Morgan fingerprint density at radius 3 is 2.42 bits per heavy atom. The number of thioether (sulfide) groups is 1. The Hall–Kier alpha value is -1.90. The van der Waals surface area contributed by atoms with Gasteiger partial charge in [0, 0.05) is 38.3 Å². The molecule has 1 aliphatic rings.